The van der Waals surface area contributed by atoms with Gasteiger partial charge in [0.05, 0.1) is 0 Å². The summed E-state index contributed by atoms with van der Waals surface area (Å²) in [4.78, 5) is 8.77. The molecular weight excluding hydrogens is 444 g/mol. The zero-order chi connectivity index (χ0) is 19.2. The standard InChI is InChI=1S/C20H32Br2.CH2O2/c1-5-8-11-16-14-17(12-9-6-2)20(22)19(15(4)21)18(16)13-10-7-3;2-1-3/h14-15H,5-13H2,1-4H3;1H,(H,2,3). The highest BCUT2D eigenvalue weighted by molar-refractivity contribution is 9.11. The lowest BCUT2D eigenvalue weighted by molar-refractivity contribution is -0.122. The summed E-state index contributed by atoms with van der Waals surface area (Å²) in [5, 5.41) is 6.89. The fourth-order valence-corrected chi connectivity index (χ4v) is 4.75. The second kappa shape index (κ2) is 14.8. The number of unbranched alkanes of at least 4 members (excludes halogenated alkanes) is 3. The first-order valence-electron chi connectivity index (χ1n) is 9.53. The molecule has 0 heterocycles. The summed E-state index contributed by atoms with van der Waals surface area (Å²) in [5.41, 5.74) is 6.22. The van der Waals surface area contributed by atoms with Crippen molar-refractivity contribution in [2.75, 3.05) is 0 Å². The highest BCUT2D eigenvalue weighted by Gasteiger charge is 2.18. The van der Waals surface area contributed by atoms with Gasteiger partial charge in [0.15, 0.2) is 0 Å². The molecule has 1 atom stereocenters. The smallest absolute Gasteiger partial charge is 0.290 e. The number of aryl methyl sites for hydroxylation is 2. The van der Waals surface area contributed by atoms with Gasteiger partial charge < -0.3 is 5.11 Å². The number of alkyl halides is 1. The van der Waals surface area contributed by atoms with Crippen molar-refractivity contribution < 1.29 is 9.90 Å². The van der Waals surface area contributed by atoms with Crippen molar-refractivity contribution in [3.63, 3.8) is 0 Å². The highest BCUT2D eigenvalue weighted by Crippen LogP contribution is 2.38. The molecule has 1 rings (SSSR count). The normalized spacial score (nSPS) is 11.6. The zero-order valence-electron chi connectivity index (χ0n) is 16.2. The number of benzene rings is 1. The number of halogens is 2. The van der Waals surface area contributed by atoms with Gasteiger partial charge in [-0.05, 0) is 67.7 Å². The lowest BCUT2D eigenvalue weighted by atomic mass is 9.89. The summed E-state index contributed by atoms with van der Waals surface area (Å²) in [5.74, 6) is 0. The van der Waals surface area contributed by atoms with Crippen molar-refractivity contribution in [1.82, 2.24) is 0 Å². The monoisotopic (exact) mass is 476 g/mol. The van der Waals surface area contributed by atoms with E-state index in [0.29, 0.717) is 4.83 Å². The van der Waals surface area contributed by atoms with Crippen LogP contribution < -0.4 is 0 Å². The molecule has 1 aromatic rings. The Morgan fingerprint density at radius 2 is 1.44 bits per heavy atom. The lowest BCUT2D eigenvalue weighted by Gasteiger charge is -2.22. The van der Waals surface area contributed by atoms with Gasteiger partial charge >= 0.3 is 0 Å². The van der Waals surface area contributed by atoms with Crippen LogP contribution in [-0.2, 0) is 24.1 Å². The van der Waals surface area contributed by atoms with Gasteiger partial charge in [-0.2, -0.15) is 0 Å². The van der Waals surface area contributed by atoms with E-state index in [2.05, 4.69) is 65.6 Å². The van der Waals surface area contributed by atoms with E-state index in [1.54, 1.807) is 11.1 Å². The second-order valence-electron chi connectivity index (χ2n) is 6.43. The van der Waals surface area contributed by atoms with Crippen molar-refractivity contribution in [2.24, 2.45) is 0 Å². The van der Waals surface area contributed by atoms with E-state index in [0.717, 1.165) is 0 Å². The Balaban J connectivity index is 0.00000178. The number of carbonyl (C=O) groups is 1. The van der Waals surface area contributed by atoms with Crippen LogP contribution in [0.4, 0.5) is 0 Å². The molecule has 1 unspecified atom stereocenters. The summed E-state index contributed by atoms with van der Waals surface area (Å²) in [6.07, 6.45) is 11.3. The summed E-state index contributed by atoms with van der Waals surface area (Å²) >= 11 is 7.78. The molecule has 0 saturated carbocycles. The van der Waals surface area contributed by atoms with Crippen LogP contribution in [0.25, 0.3) is 0 Å². The van der Waals surface area contributed by atoms with Gasteiger partial charge in [-0.25, -0.2) is 0 Å². The average Bonchev–Trinajstić information content (AvgIpc) is 2.58. The molecule has 144 valence electrons. The van der Waals surface area contributed by atoms with E-state index < -0.39 is 0 Å². The summed E-state index contributed by atoms with van der Waals surface area (Å²) < 4.78 is 1.36. The third-order valence-electron chi connectivity index (χ3n) is 4.36. The van der Waals surface area contributed by atoms with Gasteiger partial charge in [-0.1, -0.05) is 78.0 Å². The molecule has 1 N–H and O–H groups in total. The van der Waals surface area contributed by atoms with Crippen molar-refractivity contribution in [2.45, 2.75) is 90.3 Å². The Labute approximate surface area is 171 Å². The van der Waals surface area contributed by atoms with Crippen LogP contribution in [0.5, 0.6) is 0 Å². The molecule has 25 heavy (non-hydrogen) atoms. The van der Waals surface area contributed by atoms with Crippen LogP contribution in [0.2, 0.25) is 0 Å². The fraction of sp³-hybridized carbons (Fsp3) is 0.667. The molecule has 0 saturated heterocycles. The van der Waals surface area contributed by atoms with E-state index >= 15 is 0 Å². The first kappa shape index (κ1) is 24.7. The Bertz CT molecular complexity index is 499. The maximum Gasteiger partial charge on any atom is 0.290 e. The quantitative estimate of drug-likeness (QED) is 0.277. The molecule has 0 bridgehead atoms. The molecule has 0 amide bonds. The minimum Gasteiger partial charge on any atom is -0.483 e. The Morgan fingerprint density at radius 1 is 1.00 bits per heavy atom. The van der Waals surface area contributed by atoms with Crippen LogP contribution in [0.15, 0.2) is 10.5 Å². The molecule has 0 radical (unpaired) electrons. The molecule has 0 spiro atoms. The third kappa shape index (κ3) is 8.72. The number of hydrogen-bond acceptors (Lipinski definition) is 1. The largest absolute Gasteiger partial charge is 0.483 e. The fourth-order valence-electron chi connectivity index (χ4n) is 3.04. The summed E-state index contributed by atoms with van der Waals surface area (Å²) in [7, 11) is 0. The van der Waals surface area contributed by atoms with Gasteiger partial charge in [0, 0.05) is 9.30 Å². The SMILES string of the molecule is CCCCc1cc(CCCC)c(CCCC)c(C(C)Br)c1Br.O=CO. The molecule has 0 aromatic heterocycles. The molecule has 0 aliphatic carbocycles. The Kier molecular flexibility index (Phi) is 14.6. The van der Waals surface area contributed by atoms with Gasteiger partial charge in [-0.15, -0.1) is 0 Å². The molecule has 2 nitrogen and oxygen atoms in total. The molecule has 0 aliphatic rings. The number of hydrogen-bond donors (Lipinski definition) is 1. The number of carboxylic acid groups (broad SMARTS) is 1. The number of rotatable bonds is 10. The Morgan fingerprint density at radius 3 is 1.88 bits per heavy atom. The van der Waals surface area contributed by atoms with Crippen molar-refractivity contribution in [3.8, 4) is 0 Å². The van der Waals surface area contributed by atoms with E-state index in [9.17, 15) is 0 Å². The topological polar surface area (TPSA) is 37.3 Å². The lowest BCUT2D eigenvalue weighted by Crippen LogP contribution is -2.06. The second-order valence-corrected chi connectivity index (χ2v) is 8.60. The summed E-state index contributed by atoms with van der Waals surface area (Å²) in [6, 6.07) is 2.50. The van der Waals surface area contributed by atoms with Crippen LogP contribution in [-0.4, -0.2) is 11.6 Å². The molecule has 0 fully saturated rings. The predicted molar refractivity (Wildman–Crippen MR) is 116 cm³/mol. The van der Waals surface area contributed by atoms with E-state index in [-0.39, 0.29) is 6.47 Å². The van der Waals surface area contributed by atoms with Crippen LogP contribution in [0, 0.1) is 0 Å². The van der Waals surface area contributed by atoms with Crippen LogP contribution in [0.1, 0.15) is 93.3 Å². The Hall–Kier alpha value is -0.350. The molecular formula is C21H34Br2O2. The van der Waals surface area contributed by atoms with E-state index in [4.69, 9.17) is 9.90 Å². The maximum atomic E-state index is 8.36. The molecule has 0 aliphatic heterocycles. The van der Waals surface area contributed by atoms with Crippen LogP contribution in [0.3, 0.4) is 0 Å². The first-order valence-corrected chi connectivity index (χ1v) is 11.2. The highest BCUT2D eigenvalue weighted by atomic mass is 79.9. The first-order chi connectivity index (χ1) is 12.0. The van der Waals surface area contributed by atoms with Gasteiger partial charge in [0.25, 0.3) is 6.47 Å². The van der Waals surface area contributed by atoms with E-state index in [1.165, 1.54) is 73.4 Å². The van der Waals surface area contributed by atoms with Crippen molar-refractivity contribution in [3.05, 3.63) is 32.8 Å². The van der Waals surface area contributed by atoms with Crippen molar-refractivity contribution >= 4 is 38.3 Å². The minimum atomic E-state index is -0.250. The summed E-state index contributed by atoms with van der Waals surface area (Å²) in [6.45, 7) is 8.86. The minimum absolute atomic E-state index is 0.250. The van der Waals surface area contributed by atoms with Gasteiger partial charge in [0.2, 0.25) is 0 Å². The van der Waals surface area contributed by atoms with E-state index in [1.807, 2.05) is 0 Å². The zero-order valence-corrected chi connectivity index (χ0v) is 19.4. The van der Waals surface area contributed by atoms with Crippen molar-refractivity contribution in [1.29, 1.82) is 0 Å². The van der Waals surface area contributed by atoms with Crippen LogP contribution >= 0.6 is 31.9 Å². The molecule has 4 heteroatoms. The van der Waals surface area contributed by atoms with Gasteiger partial charge in [-0.3, -0.25) is 4.79 Å². The average molecular weight is 478 g/mol. The third-order valence-corrected chi connectivity index (χ3v) is 5.75. The van der Waals surface area contributed by atoms with Gasteiger partial charge in [0.1, 0.15) is 0 Å². The maximum absolute atomic E-state index is 8.36. The molecule has 1 aromatic carbocycles. The predicted octanol–water partition coefficient (Wildman–Crippen LogP) is 7.63.